The van der Waals surface area contributed by atoms with E-state index in [9.17, 15) is 9.59 Å². The molecular formula is C23H21N5O2. The fourth-order valence-electron chi connectivity index (χ4n) is 3.25. The Bertz CT molecular complexity index is 1290. The van der Waals surface area contributed by atoms with Crippen LogP contribution in [0.5, 0.6) is 0 Å². The highest BCUT2D eigenvalue weighted by atomic mass is 16.2. The summed E-state index contributed by atoms with van der Waals surface area (Å²) < 4.78 is 1.26. The summed E-state index contributed by atoms with van der Waals surface area (Å²) in [5.41, 5.74) is 4.62. The number of benzene rings is 2. The molecule has 7 heteroatoms. The van der Waals surface area contributed by atoms with E-state index in [0.717, 1.165) is 27.9 Å². The van der Waals surface area contributed by atoms with E-state index < -0.39 is 0 Å². The first-order valence-corrected chi connectivity index (χ1v) is 9.57. The Morgan fingerprint density at radius 3 is 2.40 bits per heavy atom. The van der Waals surface area contributed by atoms with E-state index >= 15 is 0 Å². The SMILES string of the molecule is Cc1ccc(-c2ncc3c(=O)n(CC(=O)Nc4c(C)cccc4C)cnc3n2)cc1. The quantitative estimate of drug-likeness (QED) is 0.568. The smallest absolute Gasteiger partial charge is 0.264 e. The van der Waals surface area contributed by atoms with Crippen LogP contribution in [0, 0.1) is 20.8 Å². The van der Waals surface area contributed by atoms with Gasteiger partial charge in [-0.3, -0.25) is 14.2 Å². The van der Waals surface area contributed by atoms with Crippen molar-refractivity contribution in [1.82, 2.24) is 19.5 Å². The first-order valence-electron chi connectivity index (χ1n) is 9.57. The molecule has 1 amide bonds. The van der Waals surface area contributed by atoms with Gasteiger partial charge in [0.1, 0.15) is 18.3 Å². The third-order valence-corrected chi connectivity index (χ3v) is 4.95. The lowest BCUT2D eigenvalue weighted by Crippen LogP contribution is -2.28. The maximum Gasteiger partial charge on any atom is 0.264 e. The zero-order chi connectivity index (χ0) is 21.3. The third-order valence-electron chi connectivity index (χ3n) is 4.95. The number of amides is 1. The third kappa shape index (κ3) is 3.82. The number of hydrogen-bond donors (Lipinski definition) is 1. The topological polar surface area (TPSA) is 89.8 Å². The van der Waals surface area contributed by atoms with E-state index in [1.165, 1.54) is 17.1 Å². The second-order valence-corrected chi connectivity index (χ2v) is 7.29. The number of para-hydroxylation sites is 1. The summed E-state index contributed by atoms with van der Waals surface area (Å²) in [7, 11) is 0. The van der Waals surface area contributed by atoms with Gasteiger partial charge in [0.15, 0.2) is 11.5 Å². The Kier molecular flexibility index (Phi) is 5.10. The molecule has 4 rings (SSSR count). The Morgan fingerprint density at radius 1 is 1.00 bits per heavy atom. The molecule has 7 nitrogen and oxygen atoms in total. The number of anilines is 1. The molecule has 2 aromatic heterocycles. The van der Waals surface area contributed by atoms with Crippen molar-refractivity contribution >= 4 is 22.6 Å². The zero-order valence-electron chi connectivity index (χ0n) is 17.0. The fourth-order valence-corrected chi connectivity index (χ4v) is 3.25. The van der Waals surface area contributed by atoms with Crippen LogP contribution in [0.15, 0.2) is 59.8 Å². The summed E-state index contributed by atoms with van der Waals surface area (Å²) >= 11 is 0. The maximum absolute atomic E-state index is 12.8. The number of aryl methyl sites for hydroxylation is 3. The number of carbonyl (C=O) groups excluding carboxylic acids is 1. The summed E-state index contributed by atoms with van der Waals surface area (Å²) in [6.45, 7) is 5.71. The molecule has 0 aliphatic heterocycles. The van der Waals surface area contributed by atoms with Crippen molar-refractivity contribution in [3.8, 4) is 11.4 Å². The van der Waals surface area contributed by atoms with Gasteiger partial charge in [-0.05, 0) is 31.9 Å². The molecule has 0 saturated heterocycles. The zero-order valence-corrected chi connectivity index (χ0v) is 17.0. The molecule has 0 spiro atoms. The van der Waals surface area contributed by atoms with Crippen molar-refractivity contribution in [1.29, 1.82) is 0 Å². The van der Waals surface area contributed by atoms with Crippen molar-refractivity contribution in [3.63, 3.8) is 0 Å². The molecule has 1 N–H and O–H groups in total. The van der Waals surface area contributed by atoms with Crippen LogP contribution in [0.3, 0.4) is 0 Å². The number of nitrogens with zero attached hydrogens (tertiary/aromatic N) is 4. The molecule has 4 aromatic rings. The van der Waals surface area contributed by atoms with Gasteiger partial charge in [-0.1, -0.05) is 48.0 Å². The maximum atomic E-state index is 12.8. The van der Waals surface area contributed by atoms with Crippen LogP contribution < -0.4 is 10.9 Å². The van der Waals surface area contributed by atoms with Gasteiger partial charge < -0.3 is 5.32 Å². The van der Waals surface area contributed by atoms with Gasteiger partial charge in [-0.25, -0.2) is 15.0 Å². The molecule has 0 aliphatic rings. The standard InChI is InChI=1S/C23H21N5O2/c1-14-7-9-17(10-8-14)21-24-11-18-22(27-21)25-13-28(23(18)30)12-19(29)26-20-15(2)5-4-6-16(20)3/h4-11,13H,12H2,1-3H3,(H,26,29). The lowest BCUT2D eigenvalue weighted by atomic mass is 10.1. The van der Waals surface area contributed by atoms with Crippen LogP contribution in [0.1, 0.15) is 16.7 Å². The first kappa shape index (κ1) is 19.4. The molecular weight excluding hydrogens is 378 g/mol. The number of rotatable bonds is 4. The number of fused-ring (bicyclic) bond motifs is 1. The van der Waals surface area contributed by atoms with Crippen LogP contribution >= 0.6 is 0 Å². The second kappa shape index (κ2) is 7.87. The molecule has 2 aromatic carbocycles. The molecule has 0 bridgehead atoms. The Labute approximate surface area is 173 Å². The second-order valence-electron chi connectivity index (χ2n) is 7.29. The average Bonchev–Trinajstić information content (AvgIpc) is 2.73. The monoisotopic (exact) mass is 399 g/mol. The highest BCUT2D eigenvalue weighted by Crippen LogP contribution is 2.19. The predicted molar refractivity (Wildman–Crippen MR) is 116 cm³/mol. The summed E-state index contributed by atoms with van der Waals surface area (Å²) in [4.78, 5) is 38.3. The highest BCUT2D eigenvalue weighted by Gasteiger charge is 2.12. The van der Waals surface area contributed by atoms with Gasteiger partial charge in [-0.2, -0.15) is 0 Å². The molecule has 0 saturated carbocycles. The van der Waals surface area contributed by atoms with Crippen molar-refractivity contribution in [2.75, 3.05) is 5.32 Å². The summed E-state index contributed by atoms with van der Waals surface area (Å²) in [6, 6.07) is 13.6. The van der Waals surface area contributed by atoms with Gasteiger partial charge in [0.25, 0.3) is 5.56 Å². The summed E-state index contributed by atoms with van der Waals surface area (Å²) in [5, 5.41) is 3.15. The number of carbonyl (C=O) groups is 1. The number of aromatic nitrogens is 4. The Hall–Kier alpha value is -3.87. The molecule has 30 heavy (non-hydrogen) atoms. The van der Waals surface area contributed by atoms with Crippen LogP contribution in [0.2, 0.25) is 0 Å². The van der Waals surface area contributed by atoms with Gasteiger partial charge >= 0.3 is 0 Å². The van der Waals surface area contributed by atoms with Crippen molar-refractivity contribution in [3.05, 3.63) is 82.0 Å². The van der Waals surface area contributed by atoms with E-state index in [1.807, 2.05) is 63.2 Å². The van der Waals surface area contributed by atoms with E-state index in [4.69, 9.17) is 0 Å². The summed E-state index contributed by atoms with van der Waals surface area (Å²) in [5.74, 6) is 0.202. The van der Waals surface area contributed by atoms with Crippen molar-refractivity contribution in [2.45, 2.75) is 27.3 Å². The van der Waals surface area contributed by atoms with Gasteiger partial charge in [0.2, 0.25) is 5.91 Å². The molecule has 0 unspecified atom stereocenters. The first-order chi connectivity index (χ1) is 14.4. The van der Waals surface area contributed by atoms with Crippen LogP contribution in [0.4, 0.5) is 5.69 Å². The van der Waals surface area contributed by atoms with E-state index in [2.05, 4.69) is 20.3 Å². The lowest BCUT2D eigenvalue weighted by molar-refractivity contribution is -0.116. The Morgan fingerprint density at radius 2 is 1.70 bits per heavy atom. The molecule has 0 atom stereocenters. The molecule has 0 aliphatic carbocycles. The van der Waals surface area contributed by atoms with E-state index in [-0.39, 0.29) is 23.4 Å². The number of hydrogen-bond acceptors (Lipinski definition) is 5. The van der Waals surface area contributed by atoms with E-state index in [0.29, 0.717) is 11.5 Å². The number of nitrogens with one attached hydrogen (secondary N) is 1. The normalized spacial score (nSPS) is 10.9. The minimum atomic E-state index is -0.355. The Balaban J connectivity index is 1.60. The molecule has 0 fully saturated rings. The summed E-state index contributed by atoms with van der Waals surface area (Å²) in [6.07, 6.45) is 2.81. The minimum Gasteiger partial charge on any atom is -0.324 e. The van der Waals surface area contributed by atoms with Gasteiger partial charge in [-0.15, -0.1) is 0 Å². The van der Waals surface area contributed by atoms with Gasteiger partial charge in [0.05, 0.1) is 0 Å². The van der Waals surface area contributed by atoms with Crippen LogP contribution in [-0.2, 0) is 11.3 Å². The van der Waals surface area contributed by atoms with Crippen molar-refractivity contribution < 1.29 is 4.79 Å². The minimum absolute atomic E-state index is 0.144. The molecule has 0 radical (unpaired) electrons. The van der Waals surface area contributed by atoms with Crippen molar-refractivity contribution in [2.24, 2.45) is 0 Å². The largest absolute Gasteiger partial charge is 0.324 e. The van der Waals surface area contributed by atoms with Crippen LogP contribution in [-0.4, -0.2) is 25.4 Å². The molecule has 2 heterocycles. The highest BCUT2D eigenvalue weighted by molar-refractivity contribution is 5.92. The van der Waals surface area contributed by atoms with Gasteiger partial charge in [0, 0.05) is 17.4 Å². The fraction of sp³-hybridized carbons (Fsp3) is 0.174. The van der Waals surface area contributed by atoms with Crippen LogP contribution in [0.25, 0.3) is 22.4 Å². The molecule has 150 valence electrons. The average molecular weight is 399 g/mol. The predicted octanol–water partition coefficient (Wildman–Crippen LogP) is 3.42. The van der Waals surface area contributed by atoms with E-state index in [1.54, 1.807) is 0 Å². The lowest BCUT2D eigenvalue weighted by Gasteiger charge is -2.12.